The van der Waals surface area contributed by atoms with E-state index < -0.39 is 11.9 Å². The van der Waals surface area contributed by atoms with E-state index in [4.69, 9.17) is 20.7 Å². The Morgan fingerprint density at radius 3 is 1.88 bits per heavy atom. The van der Waals surface area contributed by atoms with Gasteiger partial charge in [0.2, 0.25) is 10.3 Å². The largest absolute Gasteiger partial charge is 0.492 e. The fourth-order valence-electron chi connectivity index (χ4n) is 2.23. The number of ether oxygens (including phenoxy) is 1. The van der Waals surface area contributed by atoms with Gasteiger partial charge in [0.15, 0.2) is 11.4 Å². The van der Waals surface area contributed by atoms with Gasteiger partial charge in [0.25, 0.3) is 0 Å². The van der Waals surface area contributed by atoms with Crippen LogP contribution in [0.5, 0.6) is 5.75 Å². The van der Waals surface area contributed by atoms with Gasteiger partial charge in [0.05, 0.1) is 12.4 Å². The van der Waals surface area contributed by atoms with Crippen molar-refractivity contribution in [3.8, 4) is 5.75 Å². The first-order valence-corrected chi connectivity index (χ1v) is 10.6. The summed E-state index contributed by atoms with van der Waals surface area (Å²) in [5.41, 5.74) is 12.1. The Hall–Kier alpha value is -3.88. The summed E-state index contributed by atoms with van der Waals surface area (Å²) in [6, 6.07) is 5.27. The van der Waals surface area contributed by atoms with Crippen LogP contribution in [0.4, 0.5) is 10.3 Å². The van der Waals surface area contributed by atoms with E-state index >= 15 is 0 Å². The molecule has 2 heterocycles. The zero-order chi connectivity index (χ0) is 22.9. The summed E-state index contributed by atoms with van der Waals surface area (Å²) in [6.45, 7) is 0.665. The third kappa shape index (κ3) is 6.56. The highest BCUT2D eigenvalue weighted by atomic mass is 32.1. The van der Waals surface area contributed by atoms with Gasteiger partial charge in [-0.25, -0.2) is 19.6 Å². The number of carboxylic acids is 2. The minimum absolute atomic E-state index is 0.0633. The fourth-order valence-corrected chi connectivity index (χ4v) is 3.49. The average molecular weight is 476 g/mol. The molecule has 0 saturated heterocycles. The number of carboxylic acid groups (broad SMARTS) is 2. The number of thiazole rings is 2. The van der Waals surface area contributed by atoms with Gasteiger partial charge in [-0.05, 0) is 29.3 Å². The first kappa shape index (κ1) is 22.8. The maximum absolute atomic E-state index is 10.9. The summed E-state index contributed by atoms with van der Waals surface area (Å²) in [5, 5.41) is 29.5. The Balaban J connectivity index is 1.71. The molecule has 2 aromatic heterocycles. The summed E-state index contributed by atoms with van der Waals surface area (Å²) in [6.07, 6.45) is 3.03. The first-order valence-electron chi connectivity index (χ1n) is 8.88. The van der Waals surface area contributed by atoms with E-state index in [2.05, 4.69) is 31.0 Å². The topological polar surface area (TPSA) is 184 Å². The van der Waals surface area contributed by atoms with Gasteiger partial charge in [0, 0.05) is 17.3 Å². The molecule has 0 fully saturated rings. The Kier molecular flexibility index (Phi) is 7.80. The van der Waals surface area contributed by atoms with Crippen molar-refractivity contribution in [2.45, 2.75) is 0 Å². The van der Waals surface area contributed by atoms with Crippen LogP contribution in [0.2, 0.25) is 0 Å². The molecule has 3 aromatic rings. The van der Waals surface area contributed by atoms with Crippen LogP contribution < -0.4 is 21.3 Å². The van der Waals surface area contributed by atoms with Crippen LogP contribution in [0.15, 0.2) is 39.2 Å². The van der Waals surface area contributed by atoms with Crippen LogP contribution in [0.3, 0.4) is 0 Å². The van der Waals surface area contributed by atoms with Crippen molar-refractivity contribution >= 4 is 57.3 Å². The molecular weight excluding hydrogens is 458 g/mol. The van der Waals surface area contributed by atoms with Crippen LogP contribution in [-0.2, 0) is 0 Å². The molecular formula is C18H17N7O5S2. The van der Waals surface area contributed by atoms with Gasteiger partial charge in [-0.1, -0.05) is 0 Å². The normalized spacial score (nSPS) is 11.2. The average Bonchev–Trinajstić information content (AvgIpc) is 3.42. The minimum Gasteiger partial charge on any atom is -0.492 e. The second-order valence-corrected chi connectivity index (χ2v) is 7.61. The first-order chi connectivity index (χ1) is 15.4. The van der Waals surface area contributed by atoms with E-state index in [1.807, 2.05) is 0 Å². The van der Waals surface area contributed by atoms with Crippen molar-refractivity contribution < 1.29 is 24.5 Å². The summed E-state index contributed by atoms with van der Waals surface area (Å²) >= 11 is 2.23. The Morgan fingerprint density at radius 2 is 1.47 bits per heavy atom. The van der Waals surface area contributed by atoms with E-state index in [1.54, 1.807) is 18.2 Å². The third-order valence-electron chi connectivity index (χ3n) is 3.53. The molecule has 166 valence electrons. The summed E-state index contributed by atoms with van der Waals surface area (Å²) in [5.74, 6) is -1.68. The quantitative estimate of drug-likeness (QED) is 0.203. The number of aromatic carboxylic acids is 2. The number of hydrogen-bond acceptors (Lipinski definition) is 12. The molecule has 12 nitrogen and oxygen atoms in total. The molecule has 0 saturated carbocycles. The highest BCUT2D eigenvalue weighted by Gasteiger charge is 2.08. The molecule has 0 unspecified atom stereocenters. The number of nitrogens with zero attached hydrogens (tertiary/aromatic N) is 4. The van der Waals surface area contributed by atoms with Crippen LogP contribution in [-0.4, -0.2) is 57.7 Å². The molecule has 0 aliphatic rings. The van der Waals surface area contributed by atoms with E-state index in [0.717, 1.165) is 22.7 Å². The zero-order valence-corrected chi connectivity index (χ0v) is 17.9. The lowest BCUT2D eigenvalue weighted by Crippen LogP contribution is -2.11. The van der Waals surface area contributed by atoms with Crippen LogP contribution >= 0.6 is 22.7 Å². The van der Waals surface area contributed by atoms with E-state index in [-0.39, 0.29) is 11.4 Å². The van der Waals surface area contributed by atoms with Crippen LogP contribution in [0.25, 0.3) is 0 Å². The number of benzene rings is 1. The van der Waals surface area contributed by atoms with E-state index in [9.17, 15) is 9.59 Å². The van der Waals surface area contributed by atoms with Gasteiger partial charge in [-0.2, -0.15) is 10.2 Å². The number of rotatable bonds is 11. The van der Waals surface area contributed by atoms with E-state index in [0.29, 0.717) is 40.3 Å². The molecule has 0 radical (unpaired) electrons. The lowest BCUT2D eigenvalue weighted by atomic mass is 10.1. The van der Waals surface area contributed by atoms with Crippen molar-refractivity contribution in [1.29, 1.82) is 0 Å². The predicted octanol–water partition coefficient (Wildman–Crippen LogP) is 2.23. The smallest absolute Gasteiger partial charge is 0.355 e. The number of aromatic nitrogens is 2. The Morgan fingerprint density at radius 1 is 0.969 bits per heavy atom. The number of hydrazone groups is 2. The van der Waals surface area contributed by atoms with Crippen LogP contribution in [0.1, 0.15) is 32.1 Å². The summed E-state index contributed by atoms with van der Waals surface area (Å²) < 4.78 is 5.58. The highest BCUT2D eigenvalue weighted by molar-refractivity contribution is 7.14. The van der Waals surface area contributed by atoms with Crippen molar-refractivity contribution in [1.82, 2.24) is 9.97 Å². The Bertz CT molecular complexity index is 1080. The molecule has 0 spiro atoms. The monoisotopic (exact) mass is 475 g/mol. The van der Waals surface area contributed by atoms with Gasteiger partial charge in [0.1, 0.15) is 12.4 Å². The summed E-state index contributed by atoms with van der Waals surface area (Å²) in [7, 11) is 0. The molecule has 0 aliphatic heterocycles. The maximum atomic E-state index is 10.9. The standard InChI is InChI=1S/C18H17N7O5S2/c19-1-2-30-12-4-10(6-20-24-17-22-13(8-31-17)15(26)27)3-11(5-12)7-21-25-18-23-14(9-32-18)16(28)29/h3-9H,1-2,19H2,(H,22,24)(H,23,25)(H,26,27)(H,28,29)/b20-6+,21-7+. The van der Waals surface area contributed by atoms with Gasteiger partial charge >= 0.3 is 11.9 Å². The molecule has 0 aliphatic carbocycles. The maximum Gasteiger partial charge on any atom is 0.355 e. The van der Waals surface area contributed by atoms with Crippen LogP contribution in [0, 0.1) is 0 Å². The van der Waals surface area contributed by atoms with Crippen molar-refractivity contribution in [3.05, 3.63) is 51.5 Å². The number of nitrogens with one attached hydrogen (secondary N) is 2. The molecule has 1 aromatic carbocycles. The van der Waals surface area contributed by atoms with Gasteiger partial charge in [-0.3, -0.25) is 10.9 Å². The molecule has 0 amide bonds. The van der Waals surface area contributed by atoms with Gasteiger partial charge in [-0.15, -0.1) is 22.7 Å². The SMILES string of the molecule is NCCOc1cc(/C=N/Nc2nc(C(=O)O)cs2)cc(/C=N/Nc2nc(C(=O)O)cs2)c1. The highest BCUT2D eigenvalue weighted by Crippen LogP contribution is 2.18. The van der Waals surface area contributed by atoms with Crippen molar-refractivity contribution in [3.63, 3.8) is 0 Å². The number of anilines is 2. The molecule has 3 rings (SSSR count). The third-order valence-corrected chi connectivity index (χ3v) is 5.03. The van der Waals surface area contributed by atoms with E-state index in [1.165, 1.54) is 23.2 Å². The minimum atomic E-state index is -1.11. The summed E-state index contributed by atoms with van der Waals surface area (Å²) in [4.78, 5) is 29.5. The van der Waals surface area contributed by atoms with Crippen molar-refractivity contribution in [2.75, 3.05) is 24.0 Å². The predicted molar refractivity (Wildman–Crippen MR) is 122 cm³/mol. The fraction of sp³-hybridized carbons (Fsp3) is 0.111. The molecule has 6 N–H and O–H groups in total. The Labute approximate surface area is 189 Å². The lowest BCUT2D eigenvalue weighted by molar-refractivity contribution is 0.0681. The zero-order valence-electron chi connectivity index (χ0n) is 16.3. The molecule has 14 heteroatoms. The lowest BCUT2D eigenvalue weighted by Gasteiger charge is -2.07. The molecule has 0 atom stereocenters. The second kappa shape index (κ2) is 10.9. The second-order valence-electron chi connectivity index (χ2n) is 5.90. The van der Waals surface area contributed by atoms with Gasteiger partial charge < -0.3 is 20.7 Å². The number of nitrogens with two attached hydrogens (primary N) is 1. The number of hydrogen-bond donors (Lipinski definition) is 5. The number of carbonyl (C=O) groups is 2. The molecule has 32 heavy (non-hydrogen) atoms. The van der Waals surface area contributed by atoms with Crippen molar-refractivity contribution in [2.24, 2.45) is 15.9 Å². The molecule has 0 bridgehead atoms.